The molecule has 0 saturated carbocycles. The van der Waals surface area contributed by atoms with E-state index in [9.17, 15) is 9.59 Å². The van der Waals surface area contributed by atoms with Crippen LogP contribution in [-0.2, 0) is 4.79 Å². The van der Waals surface area contributed by atoms with E-state index in [2.05, 4.69) is 16.6 Å². The van der Waals surface area contributed by atoms with Gasteiger partial charge in [0.2, 0.25) is 0 Å². The van der Waals surface area contributed by atoms with Crippen LogP contribution >= 0.6 is 0 Å². The van der Waals surface area contributed by atoms with Gasteiger partial charge in [-0.2, -0.15) is 0 Å². The average molecular weight is 254 g/mol. The van der Waals surface area contributed by atoms with Crippen LogP contribution in [0.5, 0.6) is 0 Å². The lowest BCUT2D eigenvalue weighted by Crippen LogP contribution is -2.51. The standard InChI is InChI=1S/C13H22N2O3/c1-5-7-10(6-2)14-12(18)15-13(3,4)9-8-11(16)17/h1,10H,6-9H2,2-4H3,(H,16,17)(H2,14,15,18). The summed E-state index contributed by atoms with van der Waals surface area (Å²) in [6, 6.07) is -0.363. The fraction of sp³-hybridized carbons (Fsp3) is 0.692. The zero-order valence-electron chi connectivity index (χ0n) is 11.2. The zero-order valence-corrected chi connectivity index (χ0v) is 11.2. The van der Waals surface area contributed by atoms with Crippen LogP contribution in [0.1, 0.15) is 46.5 Å². The smallest absolute Gasteiger partial charge is 0.315 e. The highest BCUT2D eigenvalue weighted by molar-refractivity contribution is 5.75. The molecule has 0 aliphatic carbocycles. The maximum Gasteiger partial charge on any atom is 0.315 e. The molecule has 102 valence electrons. The van der Waals surface area contributed by atoms with Gasteiger partial charge in [0, 0.05) is 24.4 Å². The van der Waals surface area contributed by atoms with E-state index in [0.29, 0.717) is 12.8 Å². The minimum absolute atomic E-state index is 0.0227. The molecule has 18 heavy (non-hydrogen) atoms. The first-order valence-electron chi connectivity index (χ1n) is 6.04. The van der Waals surface area contributed by atoms with Crippen molar-refractivity contribution in [2.75, 3.05) is 0 Å². The predicted molar refractivity (Wildman–Crippen MR) is 70.1 cm³/mol. The molecule has 0 rings (SSSR count). The van der Waals surface area contributed by atoms with Gasteiger partial charge >= 0.3 is 12.0 Å². The van der Waals surface area contributed by atoms with Crippen molar-refractivity contribution in [1.82, 2.24) is 10.6 Å². The third kappa shape index (κ3) is 7.55. The topological polar surface area (TPSA) is 78.4 Å². The Morgan fingerprint density at radius 1 is 1.44 bits per heavy atom. The molecule has 1 atom stereocenters. The normalized spacial score (nSPS) is 12.3. The van der Waals surface area contributed by atoms with Crippen LogP contribution < -0.4 is 10.6 Å². The predicted octanol–water partition coefficient (Wildman–Crippen LogP) is 1.73. The van der Waals surface area contributed by atoms with E-state index < -0.39 is 11.5 Å². The van der Waals surface area contributed by atoms with Crippen LogP contribution in [0.3, 0.4) is 0 Å². The fourth-order valence-corrected chi connectivity index (χ4v) is 1.45. The summed E-state index contributed by atoms with van der Waals surface area (Å²) < 4.78 is 0. The van der Waals surface area contributed by atoms with Gasteiger partial charge in [-0.1, -0.05) is 6.92 Å². The first kappa shape index (κ1) is 16.3. The summed E-state index contributed by atoms with van der Waals surface area (Å²) in [4.78, 5) is 22.2. The largest absolute Gasteiger partial charge is 0.481 e. The van der Waals surface area contributed by atoms with Gasteiger partial charge in [-0.15, -0.1) is 12.3 Å². The summed E-state index contributed by atoms with van der Waals surface area (Å²) in [5.74, 6) is 1.64. The fourth-order valence-electron chi connectivity index (χ4n) is 1.45. The number of carbonyl (C=O) groups is 2. The van der Waals surface area contributed by atoms with Crippen molar-refractivity contribution in [3.63, 3.8) is 0 Å². The third-order valence-electron chi connectivity index (χ3n) is 2.61. The van der Waals surface area contributed by atoms with Crippen LogP contribution in [0.25, 0.3) is 0 Å². The molecule has 5 heteroatoms. The van der Waals surface area contributed by atoms with E-state index in [4.69, 9.17) is 11.5 Å². The number of nitrogens with one attached hydrogen (secondary N) is 2. The number of carboxylic acids is 1. The van der Waals surface area contributed by atoms with E-state index in [0.717, 1.165) is 6.42 Å². The molecule has 1 unspecified atom stereocenters. The molecule has 0 spiro atoms. The van der Waals surface area contributed by atoms with Crippen LogP contribution in [0.2, 0.25) is 0 Å². The maximum absolute atomic E-state index is 11.7. The van der Waals surface area contributed by atoms with Gasteiger partial charge in [-0.3, -0.25) is 4.79 Å². The van der Waals surface area contributed by atoms with Gasteiger partial charge in [0.1, 0.15) is 0 Å². The Kier molecular flexibility index (Phi) is 6.88. The highest BCUT2D eigenvalue weighted by atomic mass is 16.4. The van der Waals surface area contributed by atoms with Crippen molar-refractivity contribution in [3.05, 3.63) is 0 Å². The first-order chi connectivity index (χ1) is 8.30. The van der Waals surface area contributed by atoms with Crippen molar-refractivity contribution >= 4 is 12.0 Å². The van der Waals surface area contributed by atoms with Crippen molar-refractivity contribution in [3.8, 4) is 12.3 Å². The second-order valence-electron chi connectivity index (χ2n) is 4.89. The van der Waals surface area contributed by atoms with Gasteiger partial charge in [-0.05, 0) is 26.7 Å². The van der Waals surface area contributed by atoms with Gasteiger partial charge < -0.3 is 15.7 Å². The highest BCUT2D eigenvalue weighted by Crippen LogP contribution is 2.11. The van der Waals surface area contributed by atoms with Gasteiger partial charge in [0.25, 0.3) is 0 Å². The number of urea groups is 1. The molecule has 0 aromatic carbocycles. The quantitative estimate of drug-likeness (QED) is 0.605. The van der Waals surface area contributed by atoms with Gasteiger partial charge in [0.05, 0.1) is 0 Å². The number of aliphatic carboxylic acids is 1. The third-order valence-corrected chi connectivity index (χ3v) is 2.61. The second-order valence-corrected chi connectivity index (χ2v) is 4.89. The van der Waals surface area contributed by atoms with E-state index in [1.54, 1.807) is 13.8 Å². The molecule has 0 bridgehead atoms. The monoisotopic (exact) mass is 254 g/mol. The lowest BCUT2D eigenvalue weighted by molar-refractivity contribution is -0.137. The molecule has 0 heterocycles. The molecule has 0 aliphatic rings. The summed E-state index contributed by atoms with van der Waals surface area (Å²) in [6.45, 7) is 5.52. The van der Waals surface area contributed by atoms with Crippen molar-refractivity contribution in [2.24, 2.45) is 0 Å². The van der Waals surface area contributed by atoms with Crippen LogP contribution in [0.15, 0.2) is 0 Å². The Hall–Kier alpha value is -1.70. The molecule has 0 aromatic heterocycles. The highest BCUT2D eigenvalue weighted by Gasteiger charge is 2.22. The maximum atomic E-state index is 11.7. The lowest BCUT2D eigenvalue weighted by atomic mass is 9.99. The summed E-state index contributed by atoms with van der Waals surface area (Å²) in [5, 5.41) is 14.1. The molecule has 0 fully saturated rings. The Balaban J connectivity index is 4.20. The number of hydrogen-bond acceptors (Lipinski definition) is 2. The van der Waals surface area contributed by atoms with Crippen LogP contribution in [0, 0.1) is 12.3 Å². The number of terminal acetylenes is 1. The minimum Gasteiger partial charge on any atom is -0.481 e. The minimum atomic E-state index is -0.871. The number of carboxylic acid groups (broad SMARTS) is 1. The molecule has 2 amide bonds. The lowest BCUT2D eigenvalue weighted by Gasteiger charge is -2.27. The van der Waals surface area contributed by atoms with Crippen molar-refractivity contribution in [2.45, 2.75) is 58.0 Å². The second kappa shape index (κ2) is 7.59. The first-order valence-corrected chi connectivity index (χ1v) is 6.04. The molecule has 5 nitrogen and oxygen atoms in total. The van der Waals surface area contributed by atoms with E-state index in [1.807, 2.05) is 6.92 Å². The molecule has 3 N–H and O–H groups in total. The van der Waals surface area contributed by atoms with E-state index in [-0.39, 0.29) is 18.5 Å². The summed E-state index contributed by atoms with van der Waals surface area (Å²) >= 11 is 0. The average Bonchev–Trinajstić information content (AvgIpc) is 2.25. The van der Waals surface area contributed by atoms with E-state index >= 15 is 0 Å². The molecule has 0 saturated heterocycles. The van der Waals surface area contributed by atoms with Crippen molar-refractivity contribution < 1.29 is 14.7 Å². The Bertz CT molecular complexity index is 332. The van der Waals surface area contributed by atoms with E-state index in [1.165, 1.54) is 0 Å². The molecule has 0 radical (unpaired) electrons. The summed E-state index contributed by atoms with van der Waals surface area (Å²) in [7, 11) is 0. The van der Waals surface area contributed by atoms with Crippen LogP contribution in [-0.4, -0.2) is 28.7 Å². The molecule has 0 aromatic rings. The number of hydrogen-bond donors (Lipinski definition) is 3. The van der Waals surface area contributed by atoms with Crippen LogP contribution in [0.4, 0.5) is 4.79 Å². The molecular weight excluding hydrogens is 232 g/mol. The number of amides is 2. The number of rotatable bonds is 7. The van der Waals surface area contributed by atoms with Gasteiger partial charge in [-0.25, -0.2) is 4.79 Å². The van der Waals surface area contributed by atoms with Crippen molar-refractivity contribution in [1.29, 1.82) is 0 Å². The Labute approximate surface area is 108 Å². The summed E-state index contributed by atoms with van der Waals surface area (Å²) in [5.41, 5.74) is -0.559. The SMILES string of the molecule is C#CCC(CC)NC(=O)NC(C)(C)CCC(=O)O. The molecular formula is C13H22N2O3. The Morgan fingerprint density at radius 3 is 2.50 bits per heavy atom. The zero-order chi connectivity index (χ0) is 14.2. The molecule has 0 aliphatic heterocycles. The van der Waals surface area contributed by atoms with Gasteiger partial charge in [0.15, 0.2) is 0 Å². The summed E-state index contributed by atoms with van der Waals surface area (Å²) in [6.07, 6.45) is 6.84. The number of carbonyl (C=O) groups excluding carboxylic acids is 1. The Morgan fingerprint density at radius 2 is 2.06 bits per heavy atom.